The Kier molecular flexibility index (Phi) is 5.02. The van der Waals surface area contributed by atoms with Gasteiger partial charge in [-0.2, -0.15) is 0 Å². The monoisotopic (exact) mass is 330 g/mol. The Balaban J connectivity index is 1.75. The van der Waals surface area contributed by atoms with Crippen LogP contribution in [-0.4, -0.2) is 38.6 Å². The highest BCUT2D eigenvalue weighted by Gasteiger charge is 2.30. The summed E-state index contributed by atoms with van der Waals surface area (Å²) in [5.41, 5.74) is 1.29. The fourth-order valence-electron chi connectivity index (χ4n) is 3.52. The molecule has 6 nitrogen and oxygen atoms in total. The lowest BCUT2D eigenvalue weighted by Gasteiger charge is -2.32. The summed E-state index contributed by atoms with van der Waals surface area (Å²) in [5.74, 6) is 2.04. The van der Waals surface area contributed by atoms with Crippen LogP contribution in [0.4, 0.5) is 0 Å². The fourth-order valence-corrected chi connectivity index (χ4v) is 3.52. The molecule has 2 aromatic rings. The van der Waals surface area contributed by atoms with Gasteiger partial charge in [0.25, 0.3) is 5.91 Å². The molecule has 1 aliphatic rings. The molecule has 1 fully saturated rings. The first-order chi connectivity index (χ1) is 11.6. The SMILES string of the molecule is CCCCn1ccnc1[C@@H]1CCCN(C(=O)c2c(C)noc2C)C1. The zero-order chi connectivity index (χ0) is 17.1. The number of nitrogens with zero attached hydrogens (tertiary/aromatic N) is 4. The van der Waals surface area contributed by atoms with E-state index in [0.29, 0.717) is 29.5 Å². The molecule has 1 amide bonds. The first-order valence-electron chi connectivity index (χ1n) is 8.85. The first kappa shape index (κ1) is 16.7. The molecule has 0 aliphatic carbocycles. The van der Waals surface area contributed by atoms with Gasteiger partial charge in [0.2, 0.25) is 0 Å². The minimum absolute atomic E-state index is 0.0302. The number of imidazole rings is 1. The van der Waals surface area contributed by atoms with Crippen molar-refractivity contribution in [1.29, 1.82) is 0 Å². The second kappa shape index (κ2) is 7.20. The zero-order valence-electron chi connectivity index (χ0n) is 14.8. The third kappa shape index (κ3) is 3.23. The van der Waals surface area contributed by atoms with Crippen molar-refractivity contribution in [3.05, 3.63) is 35.2 Å². The van der Waals surface area contributed by atoms with E-state index in [1.807, 2.05) is 18.0 Å². The second-order valence-corrected chi connectivity index (χ2v) is 6.62. The molecule has 130 valence electrons. The number of hydrogen-bond donors (Lipinski definition) is 0. The highest BCUT2D eigenvalue weighted by molar-refractivity contribution is 5.96. The molecule has 6 heteroatoms. The molecule has 2 aromatic heterocycles. The predicted octanol–water partition coefficient (Wildman–Crippen LogP) is 3.31. The van der Waals surface area contributed by atoms with Crippen LogP contribution in [-0.2, 0) is 6.54 Å². The van der Waals surface area contributed by atoms with Crippen molar-refractivity contribution in [1.82, 2.24) is 19.6 Å². The summed E-state index contributed by atoms with van der Waals surface area (Å²) in [6.07, 6.45) is 8.33. The summed E-state index contributed by atoms with van der Waals surface area (Å²) < 4.78 is 7.40. The number of aromatic nitrogens is 3. The largest absolute Gasteiger partial charge is 0.361 e. The van der Waals surface area contributed by atoms with Crippen LogP contribution in [0.2, 0.25) is 0 Å². The highest BCUT2D eigenvalue weighted by Crippen LogP contribution is 2.28. The average Bonchev–Trinajstić information content (AvgIpc) is 3.19. The summed E-state index contributed by atoms with van der Waals surface area (Å²) >= 11 is 0. The van der Waals surface area contributed by atoms with Gasteiger partial charge in [0, 0.05) is 37.9 Å². The third-order valence-corrected chi connectivity index (χ3v) is 4.82. The van der Waals surface area contributed by atoms with Gasteiger partial charge in [0.15, 0.2) is 0 Å². The molecular formula is C18H26N4O2. The highest BCUT2D eigenvalue weighted by atomic mass is 16.5. The number of carbonyl (C=O) groups excluding carboxylic acids is 1. The normalized spacial score (nSPS) is 18.1. The van der Waals surface area contributed by atoms with Crippen LogP contribution in [0, 0.1) is 13.8 Å². The first-order valence-corrected chi connectivity index (χ1v) is 8.85. The van der Waals surface area contributed by atoms with Crippen molar-refractivity contribution in [2.24, 2.45) is 0 Å². The Hall–Kier alpha value is -2.11. The molecule has 0 spiro atoms. The minimum atomic E-state index is 0.0302. The van der Waals surface area contributed by atoms with Crippen LogP contribution in [0.15, 0.2) is 16.9 Å². The van der Waals surface area contributed by atoms with Gasteiger partial charge >= 0.3 is 0 Å². The molecule has 24 heavy (non-hydrogen) atoms. The van der Waals surface area contributed by atoms with Crippen LogP contribution < -0.4 is 0 Å². The van der Waals surface area contributed by atoms with E-state index in [0.717, 1.165) is 38.2 Å². The van der Waals surface area contributed by atoms with E-state index in [9.17, 15) is 4.79 Å². The van der Waals surface area contributed by atoms with Crippen LogP contribution in [0.5, 0.6) is 0 Å². The Morgan fingerprint density at radius 1 is 1.42 bits per heavy atom. The average molecular weight is 330 g/mol. The van der Waals surface area contributed by atoms with Gasteiger partial charge < -0.3 is 14.0 Å². The van der Waals surface area contributed by atoms with E-state index in [-0.39, 0.29) is 5.91 Å². The molecule has 3 heterocycles. The van der Waals surface area contributed by atoms with Crippen LogP contribution >= 0.6 is 0 Å². The maximum absolute atomic E-state index is 12.9. The van der Waals surface area contributed by atoms with E-state index >= 15 is 0 Å². The lowest BCUT2D eigenvalue weighted by molar-refractivity contribution is 0.0701. The molecule has 1 saturated heterocycles. The van der Waals surface area contributed by atoms with Crippen molar-refractivity contribution in [3.63, 3.8) is 0 Å². The summed E-state index contributed by atoms with van der Waals surface area (Å²) in [5, 5.41) is 3.91. The quantitative estimate of drug-likeness (QED) is 0.844. The van der Waals surface area contributed by atoms with Crippen molar-refractivity contribution in [3.8, 4) is 0 Å². The molecule has 1 aliphatic heterocycles. The molecule has 0 aromatic carbocycles. The predicted molar refractivity (Wildman–Crippen MR) is 91.0 cm³/mol. The topological polar surface area (TPSA) is 64.2 Å². The number of unbranched alkanes of at least 4 members (excludes halogenated alkanes) is 1. The molecule has 0 radical (unpaired) electrons. The molecule has 0 N–H and O–H groups in total. The van der Waals surface area contributed by atoms with Gasteiger partial charge in [-0.15, -0.1) is 0 Å². The van der Waals surface area contributed by atoms with Gasteiger partial charge in [-0.05, 0) is 33.1 Å². The summed E-state index contributed by atoms with van der Waals surface area (Å²) in [6.45, 7) is 8.32. The Morgan fingerprint density at radius 3 is 2.96 bits per heavy atom. The van der Waals surface area contributed by atoms with E-state index in [1.165, 1.54) is 6.42 Å². The molecule has 3 rings (SSSR count). The van der Waals surface area contributed by atoms with E-state index in [4.69, 9.17) is 4.52 Å². The number of piperidine rings is 1. The number of likely N-dealkylation sites (tertiary alicyclic amines) is 1. The van der Waals surface area contributed by atoms with Gasteiger partial charge in [-0.3, -0.25) is 4.79 Å². The van der Waals surface area contributed by atoms with E-state index in [2.05, 4.69) is 27.8 Å². The second-order valence-electron chi connectivity index (χ2n) is 6.62. The van der Waals surface area contributed by atoms with E-state index in [1.54, 1.807) is 6.92 Å². The van der Waals surface area contributed by atoms with E-state index < -0.39 is 0 Å². The smallest absolute Gasteiger partial charge is 0.259 e. The standard InChI is InChI=1S/C18H26N4O2/c1-4-5-9-21-11-8-19-17(21)15-7-6-10-22(12-15)18(23)16-13(2)20-24-14(16)3/h8,11,15H,4-7,9-10,12H2,1-3H3/t15-/m1/s1. The van der Waals surface area contributed by atoms with Crippen molar-refractivity contribution in [2.45, 2.75) is 58.9 Å². The fraction of sp³-hybridized carbons (Fsp3) is 0.611. The van der Waals surface area contributed by atoms with Gasteiger partial charge in [-0.1, -0.05) is 18.5 Å². The number of aryl methyl sites for hydroxylation is 3. The number of hydrogen-bond acceptors (Lipinski definition) is 4. The molecule has 0 unspecified atom stereocenters. The summed E-state index contributed by atoms with van der Waals surface area (Å²) in [4.78, 5) is 19.4. The van der Waals surface area contributed by atoms with Crippen LogP contribution in [0.25, 0.3) is 0 Å². The molecule has 0 bridgehead atoms. The van der Waals surface area contributed by atoms with Crippen molar-refractivity contribution >= 4 is 5.91 Å². The lowest BCUT2D eigenvalue weighted by atomic mass is 9.96. The van der Waals surface area contributed by atoms with Gasteiger partial charge in [0.1, 0.15) is 17.1 Å². The number of carbonyl (C=O) groups is 1. The number of amides is 1. The summed E-state index contributed by atoms with van der Waals surface area (Å²) in [7, 11) is 0. The maximum atomic E-state index is 12.9. The lowest BCUT2D eigenvalue weighted by Crippen LogP contribution is -2.40. The molecule has 1 atom stereocenters. The molecular weight excluding hydrogens is 304 g/mol. The van der Waals surface area contributed by atoms with Crippen molar-refractivity contribution < 1.29 is 9.32 Å². The van der Waals surface area contributed by atoms with Crippen LogP contribution in [0.1, 0.15) is 66.2 Å². The Labute approximate surface area is 142 Å². The third-order valence-electron chi connectivity index (χ3n) is 4.82. The minimum Gasteiger partial charge on any atom is -0.361 e. The number of rotatable bonds is 5. The Bertz CT molecular complexity index is 684. The zero-order valence-corrected chi connectivity index (χ0v) is 14.8. The van der Waals surface area contributed by atoms with Gasteiger partial charge in [0.05, 0.1) is 5.69 Å². The Morgan fingerprint density at radius 2 is 2.25 bits per heavy atom. The summed E-state index contributed by atoms with van der Waals surface area (Å²) in [6, 6.07) is 0. The van der Waals surface area contributed by atoms with Crippen molar-refractivity contribution in [2.75, 3.05) is 13.1 Å². The maximum Gasteiger partial charge on any atom is 0.259 e. The van der Waals surface area contributed by atoms with Crippen LogP contribution in [0.3, 0.4) is 0 Å². The molecule has 0 saturated carbocycles. The van der Waals surface area contributed by atoms with Gasteiger partial charge in [-0.25, -0.2) is 4.98 Å².